The van der Waals surface area contributed by atoms with E-state index >= 15 is 0 Å². The molecule has 5 heteroatoms. The van der Waals surface area contributed by atoms with Crippen molar-refractivity contribution in [3.63, 3.8) is 0 Å². The van der Waals surface area contributed by atoms with E-state index in [0.29, 0.717) is 0 Å². The summed E-state index contributed by atoms with van der Waals surface area (Å²) in [6.45, 7) is 0. The minimum absolute atomic E-state index is 1.34. The number of benzene rings is 3. The number of halogens is 1. The van der Waals surface area contributed by atoms with E-state index in [1.54, 1.807) is 0 Å². The molecule has 4 rings (SSSR count). The molecular weight excluding hydrogens is 395 g/mol. The molecule has 0 saturated carbocycles. The Bertz CT molecular complexity index is 742. The molecule has 0 aliphatic heterocycles. The lowest BCUT2D eigenvalue weighted by Gasteiger charge is -2.19. The highest BCUT2D eigenvalue weighted by Gasteiger charge is 2.43. The van der Waals surface area contributed by atoms with Crippen LogP contribution in [0.5, 0.6) is 0 Å². The standard InChI is InChI=1S/C18H15BrP.C2H2N2O/c19-20(16-10-4-1-5-11-16,17-12-6-2-7-13-17)18-14-8-3-9-15-18;1-2-5-4-3-1/h1-15H;1-2H/q+1;. The highest BCUT2D eigenvalue weighted by atomic mass is 79.9. The molecule has 0 radical (unpaired) electrons. The first-order chi connectivity index (χ1) is 12.3. The van der Waals surface area contributed by atoms with Crippen LogP contribution in [0.4, 0.5) is 0 Å². The molecule has 0 bridgehead atoms. The normalized spacial score (nSPS) is 10.6. The third-order valence-electron chi connectivity index (χ3n) is 3.62. The summed E-state index contributed by atoms with van der Waals surface area (Å²) in [6.07, 6.45) is 2.88. The second kappa shape index (κ2) is 8.70. The van der Waals surface area contributed by atoms with Crippen molar-refractivity contribution in [2.24, 2.45) is 0 Å². The van der Waals surface area contributed by atoms with Crippen LogP contribution in [0.3, 0.4) is 0 Å². The Hall–Kier alpha value is -2.29. The molecule has 4 aromatic rings. The molecule has 0 aliphatic rings. The minimum atomic E-state index is -1.71. The Morgan fingerprint density at radius 2 is 1.04 bits per heavy atom. The lowest BCUT2D eigenvalue weighted by atomic mass is 10.4. The van der Waals surface area contributed by atoms with Gasteiger partial charge in [-0.05, 0) is 36.4 Å². The molecule has 1 heterocycles. The van der Waals surface area contributed by atoms with Gasteiger partial charge in [0.25, 0.3) is 0 Å². The molecule has 1 aromatic heterocycles. The van der Waals surface area contributed by atoms with Crippen molar-refractivity contribution in [3.8, 4) is 0 Å². The Morgan fingerprint density at radius 1 is 0.640 bits per heavy atom. The second-order valence-corrected chi connectivity index (χ2v) is 11.1. The van der Waals surface area contributed by atoms with Gasteiger partial charge in [-0.1, -0.05) is 54.6 Å². The van der Waals surface area contributed by atoms with Crippen LogP contribution >= 0.6 is 21.5 Å². The molecule has 0 N–H and O–H groups in total. The van der Waals surface area contributed by atoms with Crippen molar-refractivity contribution in [3.05, 3.63) is 103 Å². The number of hydrogen-bond donors (Lipinski definition) is 0. The zero-order valence-corrected chi connectivity index (χ0v) is 15.9. The van der Waals surface area contributed by atoms with Crippen molar-refractivity contribution in [1.29, 1.82) is 0 Å². The Kier molecular flexibility index (Phi) is 6.10. The number of hydrogen-bond acceptors (Lipinski definition) is 3. The topological polar surface area (TPSA) is 38.9 Å². The highest BCUT2D eigenvalue weighted by Crippen LogP contribution is 2.62. The van der Waals surface area contributed by atoms with Gasteiger partial charge in [-0.3, -0.25) is 0 Å². The first-order valence-corrected chi connectivity index (χ1v) is 11.6. The van der Waals surface area contributed by atoms with E-state index in [2.05, 4.69) is 121 Å². The monoisotopic (exact) mass is 411 g/mol. The molecule has 25 heavy (non-hydrogen) atoms. The predicted octanol–water partition coefficient (Wildman–Crippen LogP) is 4.36. The minimum Gasteiger partial charge on any atom is -0.346 e. The predicted molar refractivity (Wildman–Crippen MR) is 108 cm³/mol. The fourth-order valence-corrected chi connectivity index (χ4v) is 7.25. The average molecular weight is 412 g/mol. The molecule has 3 aromatic carbocycles. The Labute approximate surface area is 155 Å². The van der Waals surface area contributed by atoms with Crippen molar-refractivity contribution in [1.82, 2.24) is 10.4 Å². The summed E-state index contributed by atoms with van der Waals surface area (Å²) in [5.74, 6) is -1.71. The largest absolute Gasteiger partial charge is 0.346 e. The number of nitrogens with zero attached hydrogens (tertiary/aromatic N) is 2. The van der Waals surface area contributed by atoms with E-state index in [4.69, 9.17) is 0 Å². The molecule has 3 nitrogen and oxygen atoms in total. The Morgan fingerprint density at radius 3 is 1.28 bits per heavy atom. The molecule has 0 unspecified atom stereocenters. The third-order valence-corrected chi connectivity index (χ3v) is 10.3. The van der Waals surface area contributed by atoms with Crippen LogP contribution < -0.4 is 15.9 Å². The van der Waals surface area contributed by atoms with Crippen molar-refractivity contribution in [2.75, 3.05) is 0 Å². The van der Waals surface area contributed by atoms with Crippen LogP contribution in [-0.2, 0) is 0 Å². The van der Waals surface area contributed by atoms with Crippen molar-refractivity contribution in [2.45, 2.75) is 0 Å². The van der Waals surface area contributed by atoms with Gasteiger partial charge < -0.3 is 4.52 Å². The van der Waals surface area contributed by atoms with Crippen LogP contribution in [0.2, 0.25) is 0 Å². The maximum absolute atomic E-state index is 4.22. The lowest BCUT2D eigenvalue weighted by Crippen LogP contribution is -2.26. The molecule has 0 saturated heterocycles. The SMILES string of the molecule is Br[P+](c1ccccc1)(c1ccccc1)c1ccccc1.c1conn1. The molecule has 0 spiro atoms. The summed E-state index contributed by atoms with van der Waals surface area (Å²) in [7, 11) is 0. The van der Waals surface area contributed by atoms with Gasteiger partial charge in [-0.2, -0.15) is 0 Å². The van der Waals surface area contributed by atoms with Gasteiger partial charge in [0, 0.05) is 5.27 Å². The van der Waals surface area contributed by atoms with Gasteiger partial charge in [-0.25, -0.2) is 0 Å². The van der Waals surface area contributed by atoms with Crippen LogP contribution in [0, 0.1) is 0 Å². The molecule has 0 aliphatic carbocycles. The molecule has 0 amide bonds. The molecular formula is C20H17BrN2OP+. The summed E-state index contributed by atoms with van der Waals surface area (Å²) in [5, 5.41) is 10.4. The van der Waals surface area contributed by atoms with E-state index in [1.165, 1.54) is 28.4 Å². The number of aromatic nitrogens is 2. The maximum atomic E-state index is 4.22. The lowest BCUT2D eigenvalue weighted by molar-refractivity contribution is 0.393. The average Bonchev–Trinajstić information content (AvgIpc) is 3.30. The first kappa shape index (κ1) is 17.5. The summed E-state index contributed by atoms with van der Waals surface area (Å²) in [4.78, 5) is 0. The van der Waals surface area contributed by atoms with E-state index in [1.807, 2.05) is 0 Å². The zero-order valence-electron chi connectivity index (χ0n) is 13.4. The van der Waals surface area contributed by atoms with Gasteiger partial charge >= 0.3 is 0 Å². The quantitative estimate of drug-likeness (QED) is 0.470. The summed E-state index contributed by atoms with van der Waals surface area (Å²) in [6, 6.07) is 32.1. The fraction of sp³-hybridized carbons (Fsp3) is 0. The number of rotatable bonds is 3. The summed E-state index contributed by atoms with van der Waals surface area (Å²) in [5.41, 5.74) is 0. The smallest absolute Gasteiger partial charge is 0.181 e. The Balaban J connectivity index is 0.000000314. The van der Waals surface area contributed by atoms with Crippen LogP contribution in [0.15, 0.2) is 108 Å². The van der Waals surface area contributed by atoms with E-state index in [9.17, 15) is 0 Å². The molecule has 124 valence electrons. The van der Waals surface area contributed by atoms with E-state index in [-0.39, 0.29) is 0 Å². The molecule has 0 atom stereocenters. The van der Waals surface area contributed by atoms with E-state index < -0.39 is 5.96 Å². The van der Waals surface area contributed by atoms with Gasteiger partial charge in [-0.15, -0.1) is 5.10 Å². The third kappa shape index (κ3) is 4.22. The fourth-order valence-electron chi connectivity index (χ4n) is 2.48. The van der Waals surface area contributed by atoms with Gasteiger partial charge in [0.05, 0.1) is 6.20 Å². The second-order valence-electron chi connectivity index (χ2n) is 5.18. The van der Waals surface area contributed by atoms with Crippen LogP contribution in [-0.4, -0.2) is 10.4 Å². The maximum Gasteiger partial charge on any atom is 0.181 e. The van der Waals surface area contributed by atoms with Crippen LogP contribution in [0.25, 0.3) is 0 Å². The molecule has 0 fully saturated rings. The van der Waals surface area contributed by atoms with E-state index in [0.717, 1.165) is 0 Å². The van der Waals surface area contributed by atoms with Crippen molar-refractivity contribution >= 4 is 37.4 Å². The van der Waals surface area contributed by atoms with Crippen LogP contribution in [0.1, 0.15) is 0 Å². The van der Waals surface area contributed by atoms with Gasteiger partial charge in [0.2, 0.25) is 0 Å². The summed E-state index contributed by atoms with van der Waals surface area (Å²) >= 11 is 4.12. The zero-order chi connectivity index (χ0) is 17.4. The van der Waals surface area contributed by atoms with Gasteiger partial charge in [0.1, 0.15) is 22.2 Å². The van der Waals surface area contributed by atoms with Gasteiger partial charge in [0.15, 0.2) is 21.5 Å². The van der Waals surface area contributed by atoms with Crippen molar-refractivity contribution < 1.29 is 4.52 Å². The highest BCUT2D eigenvalue weighted by molar-refractivity contribution is 9.44. The summed E-state index contributed by atoms with van der Waals surface area (Å²) < 4.78 is 4.22. The first-order valence-electron chi connectivity index (χ1n) is 7.78.